The van der Waals surface area contributed by atoms with Crippen LogP contribution < -0.4 is 10.1 Å². The third-order valence-corrected chi connectivity index (χ3v) is 4.03. The van der Waals surface area contributed by atoms with Gasteiger partial charge in [-0.05, 0) is 37.0 Å². The number of benzene rings is 1. The summed E-state index contributed by atoms with van der Waals surface area (Å²) in [5, 5.41) is 2.93. The van der Waals surface area contributed by atoms with E-state index in [4.69, 9.17) is 4.74 Å². The van der Waals surface area contributed by atoms with Gasteiger partial charge < -0.3 is 10.1 Å². The summed E-state index contributed by atoms with van der Waals surface area (Å²) >= 11 is 0. The second kappa shape index (κ2) is 10.1. The number of hydrogen-bond donors (Lipinski definition) is 1. The lowest BCUT2D eigenvalue weighted by atomic mass is 10.1. The highest BCUT2D eigenvalue weighted by molar-refractivity contribution is 5.54. The van der Waals surface area contributed by atoms with Gasteiger partial charge in [-0.15, -0.1) is 0 Å². The van der Waals surface area contributed by atoms with E-state index in [9.17, 15) is 13.2 Å². The number of nitrogens with one attached hydrogen (secondary N) is 1. The van der Waals surface area contributed by atoms with Crippen LogP contribution in [0.25, 0.3) is 0 Å². The van der Waals surface area contributed by atoms with E-state index in [2.05, 4.69) is 22.2 Å². The van der Waals surface area contributed by atoms with Crippen LogP contribution in [0.1, 0.15) is 57.1 Å². The van der Waals surface area contributed by atoms with Crippen molar-refractivity contribution >= 4 is 11.6 Å². The highest BCUT2D eigenvalue weighted by Gasteiger charge is 2.36. The third-order valence-electron chi connectivity index (χ3n) is 4.03. The summed E-state index contributed by atoms with van der Waals surface area (Å²) in [5.41, 5.74) is 0.981. The molecule has 0 amide bonds. The molecule has 27 heavy (non-hydrogen) atoms. The average Bonchev–Trinajstić information content (AvgIpc) is 2.64. The number of alkyl halides is 3. The van der Waals surface area contributed by atoms with Gasteiger partial charge in [-0.3, -0.25) is 0 Å². The first-order valence-corrected chi connectivity index (χ1v) is 9.37. The SMILES string of the molecule is CCCCCCc1ccc(Nc2ncc(C(F)(F)F)c(OCCC)n2)cc1. The smallest absolute Gasteiger partial charge is 0.423 e. The van der Waals surface area contributed by atoms with Crippen molar-refractivity contribution in [2.45, 2.75) is 58.5 Å². The highest BCUT2D eigenvalue weighted by Crippen LogP contribution is 2.35. The van der Waals surface area contributed by atoms with E-state index in [1.165, 1.54) is 24.8 Å². The van der Waals surface area contributed by atoms with Crippen molar-refractivity contribution in [3.05, 3.63) is 41.6 Å². The zero-order valence-corrected chi connectivity index (χ0v) is 15.8. The highest BCUT2D eigenvalue weighted by atomic mass is 19.4. The number of hydrogen-bond acceptors (Lipinski definition) is 4. The maximum Gasteiger partial charge on any atom is 0.423 e. The Labute approximate surface area is 158 Å². The van der Waals surface area contributed by atoms with Gasteiger partial charge in [0.1, 0.15) is 5.56 Å². The van der Waals surface area contributed by atoms with E-state index in [-0.39, 0.29) is 12.6 Å². The van der Waals surface area contributed by atoms with Crippen LogP contribution in [0.3, 0.4) is 0 Å². The third kappa shape index (κ3) is 6.73. The molecule has 0 saturated carbocycles. The Bertz CT molecular complexity index is 703. The van der Waals surface area contributed by atoms with Gasteiger partial charge in [0.05, 0.1) is 6.61 Å². The van der Waals surface area contributed by atoms with Crippen LogP contribution in [-0.2, 0) is 12.6 Å². The Morgan fingerprint density at radius 2 is 1.74 bits per heavy atom. The van der Waals surface area contributed by atoms with E-state index >= 15 is 0 Å². The topological polar surface area (TPSA) is 47.0 Å². The van der Waals surface area contributed by atoms with Crippen LogP contribution in [0.15, 0.2) is 30.5 Å². The molecule has 0 spiro atoms. The molecule has 148 valence electrons. The normalized spacial score (nSPS) is 11.4. The molecular formula is C20H26F3N3O. The first-order valence-electron chi connectivity index (χ1n) is 9.37. The Morgan fingerprint density at radius 3 is 2.37 bits per heavy atom. The van der Waals surface area contributed by atoms with E-state index in [1.807, 2.05) is 31.2 Å². The number of unbranched alkanes of at least 4 members (excludes halogenated alkanes) is 3. The summed E-state index contributed by atoms with van der Waals surface area (Å²) in [4.78, 5) is 7.68. The molecule has 0 aliphatic carbocycles. The van der Waals surface area contributed by atoms with Crippen molar-refractivity contribution < 1.29 is 17.9 Å². The fourth-order valence-corrected chi connectivity index (χ4v) is 2.57. The molecule has 0 aliphatic rings. The first kappa shape index (κ1) is 21.0. The lowest BCUT2D eigenvalue weighted by Crippen LogP contribution is -2.12. The van der Waals surface area contributed by atoms with Gasteiger partial charge in [0.15, 0.2) is 0 Å². The van der Waals surface area contributed by atoms with Gasteiger partial charge in [-0.1, -0.05) is 45.2 Å². The zero-order valence-electron chi connectivity index (χ0n) is 15.8. The molecule has 1 aromatic heterocycles. The van der Waals surface area contributed by atoms with Gasteiger partial charge in [0.2, 0.25) is 11.8 Å². The molecular weight excluding hydrogens is 355 g/mol. The standard InChI is InChI=1S/C20H26F3N3O/c1-3-5-6-7-8-15-9-11-16(12-10-15)25-19-24-14-17(20(21,22)23)18(26-19)27-13-4-2/h9-12,14H,3-8,13H2,1-2H3,(H,24,25,26). The van der Waals surface area contributed by atoms with Crippen LogP contribution in [0, 0.1) is 0 Å². The molecule has 0 aliphatic heterocycles. The molecule has 0 unspecified atom stereocenters. The minimum absolute atomic E-state index is 0.0739. The maximum absolute atomic E-state index is 13.0. The number of anilines is 2. The number of aryl methyl sites for hydroxylation is 1. The summed E-state index contributed by atoms with van der Waals surface area (Å²) in [6.45, 7) is 4.16. The molecule has 4 nitrogen and oxygen atoms in total. The average molecular weight is 381 g/mol. The van der Waals surface area contributed by atoms with Crippen molar-refractivity contribution in [1.82, 2.24) is 9.97 Å². The van der Waals surface area contributed by atoms with Crippen molar-refractivity contribution in [3.63, 3.8) is 0 Å². The van der Waals surface area contributed by atoms with E-state index in [0.29, 0.717) is 12.1 Å². The van der Waals surface area contributed by atoms with Crippen molar-refractivity contribution in [2.75, 3.05) is 11.9 Å². The molecule has 0 radical (unpaired) electrons. The molecule has 2 rings (SSSR count). The first-order chi connectivity index (χ1) is 12.9. The predicted octanol–water partition coefficient (Wildman–Crippen LogP) is 6.15. The van der Waals surface area contributed by atoms with E-state index < -0.39 is 17.6 Å². The van der Waals surface area contributed by atoms with Crippen LogP contribution in [0.5, 0.6) is 5.88 Å². The summed E-state index contributed by atoms with van der Waals surface area (Å²) in [7, 11) is 0. The number of aromatic nitrogens is 2. The van der Waals surface area contributed by atoms with E-state index in [1.54, 1.807) is 0 Å². The molecule has 0 bridgehead atoms. The number of ether oxygens (including phenoxy) is 1. The number of nitrogens with zero attached hydrogens (tertiary/aromatic N) is 2. The van der Waals surface area contributed by atoms with Crippen LogP contribution in [0.2, 0.25) is 0 Å². The number of rotatable bonds is 10. The summed E-state index contributed by atoms with van der Waals surface area (Å²) in [6, 6.07) is 7.77. The van der Waals surface area contributed by atoms with Crippen molar-refractivity contribution in [2.24, 2.45) is 0 Å². The number of halogens is 3. The largest absolute Gasteiger partial charge is 0.477 e. The minimum atomic E-state index is -4.55. The quantitative estimate of drug-likeness (QED) is 0.501. The summed E-state index contributed by atoms with van der Waals surface area (Å²) < 4.78 is 44.3. The van der Waals surface area contributed by atoms with Crippen LogP contribution >= 0.6 is 0 Å². The van der Waals surface area contributed by atoms with Gasteiger partial charge in [0.25, 0.3) is 0 Å². The molecule has 0 saturated heterocycles. The van der Waals surface area contributed by atoms with Crippen LogP contribution in [0.4, 0.5) is 24.8 Å². The Hall–Kier alpha value is -2.31. The summed E-state index contributed by atoms with van der Waals surface area (Å²) in [5.74, 6) is -0.376. The zero-order chi connectivity index (χ0) is 19.7. The molecule has 0 atom stereocenters. The molecule has 0 fully saturated rings. The van der Waals surface area contributed by atoms with Crippen molar-refractivity contribution in [3.8, 4) is 5.88 Å². The Morgan fingerprint density at radius 1 is 1.00 bits per heavy atom. The van der Waals surface area contributed by atoms with E-state index in [0.717, 1.165) is 19.0 Å². The fraction of sp³-hybridized carbons (Fsp3) is 0.500. The lowest BCUT2D eigenvalue weighted by molar-refractivity contribution is -0.139. The molecule has 1 heterocycles. The second-order valence-corrected chi connectivity index (χ2v) is 6.39. The molecule has 7 heteroatoms. The monoisotopic (exact) mass is 381 g/mol. The fourth-order valence-electron chi connectivity index (χ4n) is 2.57. The minimum Gasteiger partial charge on any atom is -0.477 e. The lowest BCUT2D eigenvalue weighted by Gasteiger charge is -2.14. The van der Waals surface area contributed by atoms with Crippen molar-refractivity contribution in [1.29, 1.82) is 0 Å². The van der Waals surface area contributed by atoms with Gasteiger partial charge in [-0.25, -0.2) is 4.98 Å². The predicted molar refractivity (Wildman–Crippen MR) is 100 cm³/mol. The maximum atomic E-state index is 13.0. The Kier molecular flexibility index (Phi) is 7.88. The molecule has 1 aromatic carbocycles. The Balaban J connectivity index is 2.05. The van der Waals surface area contributed by atoms with Gasteiger partial charge in [0, 0.05) is 11.9 Å². The molecule has 1 N–H and O–H groups in total. The summed E-state index contributed by atoms with van der Waals surface area (Å²) in [6.07, 6.45) is 2.63. The van der Waals surface area contributed by atoms with Crippen LogP contribution in [-0.4, -0.2) is 16.6 Å². The molecule has 2 aromatic rings. The second-order valence-electron chi connectivity index (χ2n) is 6.39. The van der Waals surface area contributed by atoms with Gasteiger partial charge in [-0.2, -0.15) is 18.2 Å². The van der Waals surface area contributed by atoms with Gasteiger partial charge >= 0.3 is 6.18 Å².